The Morgan fingerprint density at radius 3 is 2.18 bits per heavy atom. The van der Waals surface area contributed by atoms with E-state index in [1.165, 1.54) is 25.7 Å². The zero-order valence-electron chi connectivity index (χ0n) is 12.2. The minimum Gasteiger partial charge on any atom is -0.380 e. The topological polar surface area (TPSA) is 21.3 Å². The van der Waals surface area contributed by atoms with Gasteiger partial charge in [-0.2, -0.15) is 0 Å². The molecule has 0 aromatic rings. The van der Waals surface area contributed by atoms with Crippen LogP contribution in [0.25, 0.3) is 0 Å². The van der Waals surface area contributed by atoms with Crippen LogP contribution in [0, 0.1) is 16.7 Å². The summed E-state index contributed by atoms with van der Waals surface area (Å²) in [4.78, 5) is 0. The summed E-state index contributed by atoms with van der Waals surface area (Å²) >= 11 is 0. The number of nitrogens with one attached hydrogen (secondary N) is 1. The number of hydrogen-bond donors (Lipinski definition) is 1. The average molecular weight is 239 g/mol. The zero-order chi connectivity index (χ0) is 12.7. The molecule has 0 amide bonds. The molecule has 0 aromatic heterocycles. The van der Waals surface area contributed by atoms with Gasteiger partial charge in [-0.3, -0.25) is 0 Å². The molecule has 2 nitrogen and oxygen atoms in total. The van der Waals surface area contributed by atoms with E-state index in [2.05, 4.69) is 33.0 Å². The van der Waals surface area contributed by atoms with E-state index in [1.54, 1.807) is 0 Å². The smallest absolute Gasteiger partial charge is 0.0724 e. The van der Waals surface area contributed by atoms with Gasteiger partial charge in [0, 0.05) is 13.2 Å². The third-order valence-electron chi connectivity index (χ3n) is 5.91. The fourth-order valence-electron chi connectivity index (χ4n) is 3.73. The first-order valence-electron chi connectivity index (χ1n) is 7.17. The minimum atomic E-state index is 0.439. The van der Waals surface area contributed by atoms with Gasteiger partial charge in [-0.25, -0.2) is 0 Å². The highest BCUT2D eigenvalue weighted by molar-refractivity contribution is 5.13. The average Bonchev–Trinajstić information content (AvgIpc) is 2.67. The van der Waals surface area contributed by atoms with Gasteiger partial charge in [0.05, 0.1) is 6.10 Å². The first kappa shape index (κ1) is 13.4. The van der Waals surface area contributed by atoms with Crippen molar-refractivity contribution >= 4 is 0 Å². The molecule has 0 bridgehead atoms. The summed E-state index contributed by atoms with van der Waals surface area (Å²) in [6, 6.07) is 0.584. The third kappa shape index (κ3) is 2.26. The quantitative estimate of drug-likeness (QED) is 0.813. The van der Waals surface area contributed by atoms with Gasteiger partial charge in [0.1, 0.15) is 0 Å². The Kier molecular flexibility index (Phi) is 3.57. The molecule has 0 heterocycles. The highest BCUT2D eigenvalue weighted by Gasteiger charge is 2.63. The van der Waals surface area contributed by atoms with Crippen molar-refractivity contribution in [2.75, 3.05) is 13.7 Å². The Balaban J connectivity index is 1.82. The zero-order valence-corrected chi connectivity index (χ0v) is 12.2. The van der Waals surface area contributed by atoms with Crippen molar-refractivity contribution < 1.29 is 4.74 Å². The predicted molar refractivity (Wildman–Crippen MR) is 72.1 cm³/mol. The summed E-state index contributed by atoms with van der Waals surface area (Å²) in [5.41, 5.74) is 0.995. The number of hydrogen-bond acceptors (Lipinski definition) is 2. The van der Waals surface area contributed by atoms with Gasteiger partial charge in [0.15, 0.2) is 0 Å². The Morgan fingerprint density at radius 1 is 1.06 bits per heavy atom. The van der Waals surface area contributed by atoms with Crippen LogP contribution in [0.4, 0.5) is 0 Å². The van der Waals surface area contributed by atoms with E-state index in [0.717, 1.165) is 12.5 Å². The molecular weight excluding hydrogens is 210 g/mol. The van der Waals surface area contributed by atoms with Crippen molar-refractivity contribution in [3.05, 3.63) is 0 Å². The highest BCUT2D eigenvalue weighted by atomic mass is 16.5. The monoisotopic (exact) mass is 239 g/mol. The summed E-state index contributed by atoms with van der Waals surface area (Å²) in [6.45, 7) is 10.7. The Morgan fingerprint density at radius 2 is 1.65 bits per heavy atom. The van der Waals surface area contributed by atoms with Crippen LogP contribution >= 0.6 is 0 Å². The molecule has 2 heteroatoms. The molecule has 2 fully saturated rings. The number of ether oxygens (including phenoxy) is 1. The standard InChI is InChI=1S/C15H29NO/c1-14(2)13(15(14,3)4)10-16-11-8-6-7-9-12(11)17-5/h11-13,16H,6-10H2,1-5H3. The first-order chi connectivity index (χ1) is 7.91. The largest absolute Gasteiger partial charge is 0.380 e. The van der Waals surface area contributed by atoms with Gasteiger partial charge in [-0.15, -0.1) is 0 Å². The van der Waals surface area contributed by atoms with Crippen LogP contribution in [0.15, 0.2) is 0 Å². The second-order valence-electron chi connectivity index (χ2n) is 7.07. The van der Waals surface area contributed by atoms with Crippen LogP contribution in [0.3, 0.4) is 0 Å². The van der Waals surface area contributed by atoms with Crippen LogP contribution in [0.5, 0.6) is 0 Å². The van der Waals surface area contributed by atoms with E-state index in [4.69, 9.17) is 4.74 Å². The molecule has 0 aromatic carbocycles. The SMILES string of the molecule is COC1CCCCC1NCC1C(C)(C)C1(C)C. The molecule has 2 aliphatic rings. The van der Waals surface area contributed by atoms with Gasteiger partial charge in [0.25, 0.3) is 0 Å². The van der Waals surface area contributed by atoms with Gasteiger partial charge in [-0.05, 0) is 36.1 Å². The van der Waals surface area contributed by atoms with Crippen LogP contribution in [-0.4, -0.2) is 25.8 Å². The summed E-state index contributed by atoms with van der Waals surface area (Å²) in [5, 5.41) is 3.77. The molecule has 0 spiro atoms. The number of rotatable bonds is 4. The van der Waals surface area contributed by atoms with Crippen LogP contribution < -0.4 is 5.32 Å². The maximum atomic E-state index is 5.60. The van der Waals surface area contributed by atoms with E-state index >= 15 is 0 Å². The highest BCUT2D eigenvalue weighted by Crippen LogP contribution is 2.67. The summed E-state index contributed by atoms with van der Waals surface area (Å²) in [7, 11) is 1.86. The third-order valence-corrected chi connectivity index (χ3v) is 5.91. The summed E-state index contributed by atoms with van der Waals surface area (Å²) < 4.78 is 5.60. The normalized spacial score (nSPS) is 35.8. The molecule has 1 N–H and O–H groups in total. The lowest BCUT2D eigenvalue weighted by molar-refractivity contribution is 0.0411. The maximum absolute atomic E-state index is 5.60. The van der Waals surface area contributed by atoms with Crippen molar-refractivity contribution in [3.8, 4) is 0 Å². The van der Waals surface area contributed by atoms with Crippen LogP contribution in [0.2, 0.25) is 0 Å². The predicted octanol–water partition coefficient (Wildman–Crippen LogP) is 3.22. The van der Waals surface area contributed by atoms with E-state index in [0.29, 0.717) is 23.0 Å². The molecule has 2 atom stereocenters. The van der Waals surface area contributed by atoms with E-state index in [-0.39, 0.29) is 0 Å². The minimum absolute atomic E-state index is 0.439. The second-order valence-corrected chi connectivity index (χ2v) is 7.07. The second kappa shape index (κ2) is 4.55. The van der Waals surface area contributed by atoms with Crippen molar-refractivity contribution in [2.24, 2.45) is 16.7 Å². The first-order valence-corrected chi connectivity index (χ1v) is 7.17. The van der Waals surface area contributed by atoms with E-state index in [1.807, 2.05) is 7.11 Å². The molecule has 0 radical (unpaired) electrons. The molecule has 2 saturated carbocycles. The lowest BCUT2D eigenvalue weighted by atomic mass is 9.92. The van der Waals surface area contributed by atoms with Crippen molar-refractivity contribution in [3.63, 3.8) is 0 Å². The molecule has 2 rings (SSSR count). The summed E-state index contributed by atoms with van der Waals surface area (Å²) in [6.07, 6.45) is 5.64. The molecular formula is C15H29NO. The number of methoxy groups -OCH3 is 1. The molecule has 17 heavy (non-hydrogen) atoms. The fourth-order valence-corrected chi connectivity index (χ4v) is 3.73. The van der Waals surface area contributed by atoms with Crippen molar-refractivity contribution in [1.82, 2.24) is 5.32 Å². The van der Waals surface area contributed by atoms with Crippen molar-refractivity contribution in [1.29, 1.82) is 0 Å². The van der Waals surface area contributed by atoms with Gasteiger partial charge < -0.3 is 10.1 Å². The van der Waals surface area contributed by atoms with Crippen molar-refractivity contribution in [2.45, 2.75) is 65.5 Å². The Hall–Kier alpha value is -0.0800. The van der Waals surface area contributed by atoms with Crippen LogP contribution in [-0.2, 0) is 4.74 Å². The summed E-state index contributed by atoms with van der Waals surface area (Å²) in [5.74, 6) is 0.814. The molecule has 0 saturated heterocycles. The Bertz CT molecular complexity index is 258. The lowest BCUT2D eigenvalue weighted by Crippen LogP contribution is -2.44. The Labute approximate surface area is 107 Å². The molecule has 0 aliphatic heterocycles. The fraction of sp³-hybridized carbons (Fsp3) is 1.00. The maximum Gasteiger partial charge on any atom is 0.0724 e. The molecule has 2 unspecified atom stereocenters. The van der Waals surface area contributed by atoms with Gasteiger partial charge in [-0.1, -0.05) is 40.5 Å². The van der Waals surface area contributed by atoms with E-state index in [9.17, 15) is 0 Å². The van der Waals surface area contributed by atoms with Gasteiger partial charge >= 0.3 is 0 Å². The molecule has 100 valence electrons. The molecule has 2 aliphatic carbocycles. The van der Waals surface area contributed by atoms with E-state index < -0.39 is 0 Å². The van der Waals surface area contributed by atoms with Crippen LogP contribution in [0.1, 0.15) is 53.4 Å². The lowest BCUT2D eigenvalue weighted by Gasteiger charge is -2.31. The van der Waals surface area contributed by atoms with Gasteiger partial charge in [0.2, 0.25) is 0 Å².